The molecule has 0 heterocycles. The van der Waals surface area contributed by atoms with E-state index in [1.807, 2.05) is 0 Å². The van der Waals surface area contributed by atoms with Crippen LogP contribution in [0.15, 0.2) is 12.7 Å². The van der Waals surface area contributed by atoms with Crippen molar-refractivity contribution in [2.75, 3.05) is 7.11 Å². The van der Waals surface area contributed by atoms with Gasteiger partial charge in [0, 0.05) is 7.11 Å². The molecule has 2 heteroatoms. The second-order valence-corrected chi connectivity index (χ2v) is 3.24. The van der Waals surface area contributed by atoms with Crippen LogP contribution in [-0.2, 0) is 4.74 Å². The van der Waals surface area contributed by atoms with Gasteiger partial charge in [0.2, 0.25) is 0 Å². The third-order valence-electron chi connectivity index (χ3n) is 2.72. The van der Waals surface area contributed by atoms with Crippen LogP contribution in [0.3, 0.4) is 0 Å². The van der Waals surface area contributed by atoms with E-state index in [0.29, 0.717) is 0 Å². The van der Waals surface area contributed by atoms with Gasteiger partial charge in [-0.25, -0.2) is 0 Å². The second-order valence-electron chi connectivity index (χ2n) is 3.24. The molecular weight excluding hydrogens is 138 g/mol. The molecule has 1 fully saturated rings. The van der Waals surface area contributed by atoms with Crippen LogP contribution in [0.25, 0.3) is 0 Å². The first-order valence-electron chi connectivity index (χ1n) is 4.18. The normalized spacial score (nSPS) is 24.9. The lowest BCUT2D eigenvalue weighted by atomic mass is 9.93. The fourth-order valence-electron chi connectivity index (χ4n) is 1.86. The lowest BCUT2D eigenvalue weighted by Crippen LogP contribution is -2.45. The molecule has 1 aliphatic rings. The van der Waals surface area contributed by atoms with Crippen LogP contribution in [-0.4, -0.2) is 18.8 Å². The maximum Gasteiger partial charge on any atom is 0.0864 e. The van der Waals surface area contributed by atoms with Crippen molar-refractivity contribution in [2.45, 2.75) is 37.3 Å². The molecule has 2 nitrogen and oxygen atoms in total. The van der Waals surface area contributed by atoms with E-state index in [4.69, 9.17) is 10.5 Å². The standard InChI is InChI=1S/C9H17NO/c1-3-8(10)9(11-2)6-4-5-7-9/h3,8H,1,4-7,10H2,2H3. The predicted octanol–water partition coefficient (Wildman–Crippen LogP) is 1.46. The molecule has 1 atom stereocenters. The Morgan fingerprint density at radius 1 is 1.55 bits per heavy atom. The van der Waals surface area contributed by atoms with E-state index in [9.17, 15) is 0 Å². The molecule has 0 aromatic rings. The van der Waals surface area contributed by atoms with Gasteiger partial charge < -0.3 is 10.5 Å². The molecule has 1 saturated carbocycles. The Kier molecular flexibility index (Phi) is 2.68. The molecule has 1 aliphatic carbocycles. The van der Waals surface area contributed by atoms with Gasteiger partial charge in [-0.1, -0.05) is 18.9 Å². The van der Waals surface area contributed by atoms with Crippen molar-refractivity contribution in [3.05, 3.63) is 12.7 Å². The first kappa shape index (κ1) is 8.75. The molecule has 1 rings (SSSR count). The predicted molar refractivity (Wildman–Crippen MR) is 46.4 cm³/mol. The zero-order chi connectivity index (χ0) is 8.32. The highest BCUT2D eigenvalue weighted by molar-refractivity contribution is 5.03. The van der Waals surface area contributed by atoms with Crippen molar-refractivity contribution in [1.82, 2.24) is 0 Å². The molecule has 0 aromatic carbocycles. The average Bonchev–Trinajstić information content (AvgIpc) is 2.52. The van der Waals surface area contributed by atoms with Gasteiger partial charge in [0.05, 0.1) is 11.6 Å². The fourth-order valence-corrected chi connectivity index (χ4v) is 1.86. The molecule has 0 amide bonds. The van der Waals surface area contributed by atoms with Gasteiger partial charge in [0.25, 0.3) is 0 Å². The van der Waals surface area contributed by atoms with Crippen molar-refractivity contribution in [2.24, 2.45) is 5.73 Å². The Labute approximate surface area is 68.4 Å². The SMILES string of the molecule is C=CC(N)C1(OC)CCCC1. The zero-order valence-corrected chi connectivity index (χ0v) is 7.18. The summed E-state index contributed by atoms with van der Waals surface area (Å²) >= 11 is 0. The Hall–Kier alpha value is -0.340. The highest BCUT2D eigenvalue weighted by Gasteiger charge is 2.37. The summed E-state index contributed by atoms with van der Waals surface area (Å²) in [6.45, 7) is 3.69. The third kappa shape index (κ3) is 1.47. The summed E-state index contributed by atoms with van der Waals surface area (Å²) in [6, 6.07) is -0.00463. The van der Waals surface area contributed by atoms with Gasteiger partial charge in [-0.15, -0.1) is 6.58 Å². The molecule has 0 saturated heterocycles. The molecule has 0 spiro atoms. The van der Waals surface area contributed by atoms with Crippen molar-refractivity contribution >= 4 is 0 Å². The highest BCUT2D eigenvalue weighted by atomic mass is 16.5. The van der Waals surface area contributed by atoms with Crippen LogP contribution in [0.1, 0.15) is 25.7 Å². The summed E-state index contributed by atoms with van der Waals surface area (Å²) in [4.78, 5) is 0. The minimum atomic E-state index is -0.0955. The zero-order valence-electron chi connectivity index (χ0n) is 7.18. The van der Waals surface area contributed by atoms with Crippen LogP contribution < -0.4 is 5.73 Å². The van der Waals surface area contributed by atoms with E-state index < -0.39 is 0 Å². The van der Waals surface area contributed by atoms with Gasteiger partial charge >= 0.3 is 0 Å². The van der Waals surface area contributed by atoms with Crippen LogP contribution >= 0.6 is 0 Å². The molecular formula is C9H17NO. The topological polar surface area (TPSA) is 35.2 Å². The van der Waals surface area contributed by atoms with E-state index in [1.54, 1.807) is 13.2 Å². The minimum Gasteiger partial charge on any atom is -0.376 e. The summed E-state index contributed by atoms with van der Waals surface area (Å²) in [6.07, 6.45) is 6.41. The molecule has 0 aromatic heterocycles. The fraction of sp³-hybridized carbons (Fsp3) is 0.778. The quantitative estimate of drug-likeness (QED) is 0.626. The maximum atomic E-state index is 5.88. The van der Waals surface area contributed by atoms with Gasteiger partial charge in [0.15, 0.2) is 0 Å². The van der Waals surface area contributed by atoms with Crippen LogP contribution in [0, 0.1) is 0 Å². The number of ether oxygens (including phenoxy) is 1. The molecule has 0 bridgehead atoms. The summed E-state index contributed by atoms with van der Waals surface area (Å²) in [7, 11) is 1.74. The van der Waals surface area contributed by atoms with Crippen molar-refractivity contribution in [3.8, 4) is 0 Å². The summed E-state index contributed by atoms with van der Waals surface area (Å²) < 4.78 is 5.46. The second kappa shape index (κ2) is 3.37. The van der Waals surface area contributed by atoms with Gasteiger partial charge in [0.1, 0.15) is 0 Å². The van der Waals surface area contributed by atoms with Crippen molar-refractivity contribution in [1.29, 1.82) is 0 Å². The summed E-state index contributed by atoms with van der Waals surface area (Å²) in [5.74, 6) is 0. The molecule has 64 valence electrons. The van der Waals surface area contributed by atoms with E-state index in [2.05, 4.69) is 6.58 Å². The van der Waals surface area contributed by atoms with E-state index in [-0.39, 0.29) is 11.6 Å². The number of hydrogen-bond donors (Lipinski definition) is 1. The Bertz CT molecular complexity index is 138. The smallest absolute Gasteiger partial charge is 0.0864 e. The third-order valence-corrected chi connectivity index (χ3v) is 2.72. The lowest BCUT2D eigenvalue weighted by Gasteiger charge is -2.31. The largest absolute Gasteiger partial charge is 0.376 e. The monoisotopic (exact) mass is 155 g/mol. The summed E-state index contributed by atoms with van der Waals surface area (Å²) in [5, 5.41) is 0. The molecule has 2 N–H and O–H groups in total. The highest BCUT2D eigenvalue weighted by Crippen LogP contribution is 2.34. The van der Waals surface area contributed by atoms with E-state index in [1.165, 1.54) is 12.8 Å². The van der Waals surface area contributed by atoms with Gasteiger partial charge in [-0.05, 0) is 12.8 Å². The minimum absolute atomic E-state index is 0.00463. The molecule has 1 unspecified atom stereocenters. The van der Waals surface area contributed by atoms with Crippen LogP contribution in [0.5, 0.6) is 0 Å². The Morgan fingerprint density at radius 3 is 2.45 bits per heavy atom. The molecule has 0 aliphatic heterocycles. The summed E-state index contributed by atoms with van der Waals surface area (Å²) in [5.41, 5.74) is 5.79. The lowest BCUT2D eigenvalue weighted by molar-refractivity contribution is -0.0140. The van der Waals surface area contributed by atoms with E-state index >= 15 is 0 Å². The van der Waals surface area contributed by atoms with Crippen LogP contribution in [0.4, 0.5) is 0 Å². The molecule has 0 radical (unpaired) electrons. The average molecular weight is 155 g/mol. The maximum absolute atomic E-state index is 5.88. The Balaban J connectivity index is 2.65. The van der Waals surface area contributed by atoms with Gasteiger partial charge in [-0.2, -0.15) is 0 Å². The number of methoxy groups -OCH3 is 1. The van der Waals surface area contributed by atoms with E-state index in [0.717, 1.165) is 12.8 Å². The molecule has 11 heavy (non-hydrogen) atoms. The van der Waals surface area contributed by atoms with Crippen molar-refractivity contribution in [3.63, 3.8) is 0 Å². The first-order chi connectivity index (χ1) is 5.25. The number of hydrogen-bond acceptors (Lipinski definition) is 2. The number of nitrogens with two attached hydrogens (primary N) is 1. The Morgan fingerprint density at radius 2 is 2.09 bits per heavy atom. The number of rotatable bonds is 3. The first-order valence-corrected chi connectivity index (χ1v) is 4.18. The van der Waals surface area contributed by atoms with Crippen LogP contribution in [0.2, 0.25) is 0 Å². The van der Waals surface area contributed by atoms with Crippen molar-refractivity contribution < 1.29 is 4.74 Å². The van der Waals surface area contributed by atoms with Gasteiger partial charge in [-0.3, -0.25) is 0 Å².